The number of hydrogen-bond donors (Lipinski definition) is 1. The summed E-state index contributed by atoms with van der Waals surface area (Å²) in [5, 5.41) is 3.03. The smallest absolute Gasteiger partial charge is 0.263 e. The number of ether oxygens (including phenoxy) is 1. The van der Waals surface area contributed by atoms with Crippen molar-refractivity contribution in [3.63, 3.8) is 0 Å². The lowest BCUT2D eigenvalue weighted by atomic mass is 10.0. The van der Waals surface area contributed by atoms with Gasteiger partial charge >= 0.3 is 0 Å². The first-order valence-corrected chi connectivity index (χ1v) is 11.5. The van der Waals surface area contributed by atoms with Gasteiger partial charge < -0.3 is 14.6 Å². The summed E-state index contributed by atoms with van der Waals surface area (Å²) in [6.45, 7) is 4.64. The zero-order valence-corrected chi connectivity index (χ0v) is 19.6. The molecule has 2 heterocycles. The maximum atomic E-state index is 14.0. The van der Waals surface area contributed by atoms with E-state index in [0.717, 1.165) is 42.6 Å². The molecule has 4 rings (SSSR count). The van der Waals surface area contributed by atoms with E-state index < -0.39 is 0 Å². The number of hydrogen-bond acceptors (Lipinski definition) is 4. The molecule has 1 fully saturated rings. The van der Waals surface area contributed by atoms with Gasteiger partial charge in [-0.05, 0) is 55.2 Å². The molecule has 0 unspecified atom stereocenters. The van der Waals surface area contributed by atoms with Gasteiger partial charge in [-0.1, -0.05) is 35.9 Å². The Balaban J connectivity index is 1.33. The lowest BCUT2D eigenvalue weighted by molar-refractivity contribution is 0.0906. The van der Waals surface area contributed by atoms with E-state index in [1.807, 2.05) is 37.3 Å². The predicted octanol–water partition coefficient (Wildman–Crippen LogP) is 3.75. The summed E-state index contributed by atoms with van der Waals surface area (Å²) >= 11 is 0. The third-order valence-corrected chi connectivity index (χ3v) is 6.25. The number of piperidine rings is 1. The van der Waals surface area contributed by atoms with E-state index in [0.29, 0.717) is 13.1 Å². The van der Waals surface area contributed by atoms with Crippen LogP contribution in [0.1, 0.15) is 39.9 Å². The van der Waals surface area contributed by atoms with E-state index in [-0.39, 0.29) is 34.6 Å². The molecular formula is C27H30FN3O3. The van der Waals surface area contributed by atoms with Crippen molar-refractivity contribution in [2.24, 2.45) is 0 Å². The van der Waals surface area contributed by atoms with E-state index in [1.165, 1.54) is 13.2 Å². The fourth-order valence-electron chi connectivity index (χ4n) is 4.41. The number of nitrogens with zero attached hydrogens (tertiary/aromatic N) is 2. The van der Waals surface area contributed by atoms with Crippen molar-refractivity contribution in [1.82, 2.24) is 14.8 Å². The molecule has 0 saturated carbocycles. The average Bonchev–Trinajstić information content (AvgIpc) is 2.82. The Morgan fingerprint density at radius 2 is 1.82 bits per heavy atom. The SMILES string of the molecule is COc1ccc(CN2CCC(NC(=O)c3cccn(Cc4cccc(C)c4)c3=O)CC2)cc1F. The lowest BCUT2D eigenvalue weighted by Crippen LogP contribution is -2.45. The molecule has 0 aliphatic carbocycles. The fourth-order valence-corrected chi connectivity index (χ4v) is 4.41. The summed E-state index contributed by atoms with van der Waals surface area (Å²) in [6.07, 6.45) is 3.26. The minimum absolute atomic E-state index is 0.00109. The molecule has 1 aliphatic heterocycles. The number of methoxy groups -OCH3 is 1. The Morgan fingerprint density at radius 1 is 1.06 bits per heavy atom. The average molecular weight is 464 g/mol. The Labute approximate surface area is 199 Å². The number of aryl methyl sites for hydroxylation is 1. The Morgan fingerprint density at radius 3 is 2.53 bits per heavy atom. The van der Waals surface area contributed by atoms with Gasteiger partial charge in [0.25, 0.3) is 11.5 Å². The number of amides is 1. The van der Waals surface area contributed by atoms with Gasteiger partial charge in [0.2, 0.25) is 0 Å². The van der Waals surface area contributed by atoms with Crippen molar-refractivity contribution in [2.75, 3.05) is 20.2 Å². The van der Waals surface area contributed by atoms with Crippen LogP contribution in [0.4, 0.5) is 4.39 Å². The van der Waals surface area contributed by atoms with Gasteiger partial charge in [0.05, 0.1) is 13.7 Å². The second-order valence-corrected chi connectivity index (χ2v) is 8.84. The standard InChI is InChI=1S/C27H30FN3O3/c1-19-5-3-6-20(15-19)18-31-12-4-7-23(27(31)33)26(32)29-22-10-13-30(14-11-22)17-21-8-9-25(34-2)24(28)16-21/h3-9,12,15-16,22H,10-11,13-14,17-18H2,1-2H3,(H,29,32). The molecule has 2 aromatic carbocycles. The van der Waals surface area contributed by atoms with Gasteiger partial charge in [-0.25, -0.2) is 4.39 Å². The molecule has 7 heteroatoms. The van der Waals surface area contributed by atoms with E-state index >= 15 is 0 Å². The van der Waals surface area contributed by atoms with Gasteiger partial charge in [0, 0.05) is 31.9 Å². The largest absolute Gasteiger partial charge is 0.494 e. The number of rotatable bonds is 7. The number of carbonyl (C=O) groups is 1. The Bertz CT molecular complexity index is 1220. The van der Waals surface area contributed by atoms with Crippen LogP contribution in [-0.4, -0.2) is 41.6 Å². The molecule has 0 spiro atoms. The van der Waals surface area contributed by atoms with E-state index in [4.69, 9.17) is 4.74 Å². The molecule has 0 radical (unpaired) electrons. The highest BCUT2D eigenvalue weighted by Crippen LogP contribution is 2.20. The van der Waals surface area contributed by atoms with Gasteiger partial charge in [0.15, 0.2) is 11.6 Å². The van der Waals surface area contributed by atoms with Crippen molar-refractivity contribution in [2.45, 2.75) is 38.9 Å². The van der Waals surface area contributed by atoms with Crippen molar-refractivity contribution in [3.05, 3.63) is 99.2 Å². The van der Waals surface area contributed by atoms with E-state index in [2.05, 4.69) is 10.2 Å². The number of carbonyl (C=O) groups excluding carboxylic acids is 1. The van der Waals surface area contributed by atoms with Crippen LogP contribution in [0.3, 0.4) is 0 Å². The summed E-state index contributed by atoms with van der Waals surface area (Å²) in [4.78, 5) is 28.0. The van der Waals surface area contributed by atoms with Crippen LogP contribution in [0.15, 0.2) is 65.6 Å². The maximum absolute atomic E-state index is 14.0. The van der Waals surface area contributed by atoms with Gasteiger partial charge in [0.1, 0.15) is 5.56 Å². The maximum Gasteiger partial charge on any atom is 0.263 e. The first-order valence-electron chi connectivity index (χ1n) is 11.5. The summed E-state index contributed by atoms with van der Waals surface area (Å²) < 4.78 is 20.5. The molecule has 34 heavy (non-hydrogen) atoms. The molecular weight excluding hydrogens is 433 g/mol. The van der Waals surface area contributed by atoms with Gasteiger partial charge in [-0.15, -0.1) is 0 Å². The molecule has 178 valence electrons. The van der Waals surface area contributed by atoms with Crippen molar-refractivity contribution < 1.29 is 13.9 Å². The number of aromatic nitrogens is 1. The summed E-state index contributed by atoms with van der Waals surface area (Å²) in [5.74, 6) is -0.457. The molecule has 1 N–H and O–H groups in total. The number of benzene rings is 2. The van der Waals surface area contributed by atoms with Crippen LogP contribution in [0.25, 0.3) is 0 Å². The molecule has 0 atom stereocenters. The summed E-state index contributed by atoms with van der Waals surface area (Å²) in [7, 11) is 1.45. The molecule has 1 amide bonds. The predicted molar refractivity (Wildman–Crippen MR) is 130 cm³/mol. The van der Waals surface area contributed by atoms with Crippen molar-refractivity contribution in [1.29, 1.82) is 0 Å². The highest BCUT2D eigenvalue weighted by molar-refractivity contribution is 5.94. The quantitative estimate of drug-likeness (QED) is 0.580. The Hall–Kier alpha value is -3.45. The molecule has 6 nitrogen and oxygen atoms in total. The van der Waals surface area contributed by atoms with Crippen LogP contribution < -0.4 is 15.6 Å². The fraction of sp³-hybridized carbons (Fsp3) is 0.333. The molecule has 1 aromatic heterocycles. The van der Waals surface area contributed by atoms with Crippen LogP contribution in [0, 0.1) is 12.7 Å². The number of pyridine rings is 1. The molecule has 3 aromatic rings. The van der Waals surface area contributed by atoms with Crippen LogP contribution in [0.2, 0.25) is 0 Å². The topological polar surface area (TPSA) is 63.6 Å². The minimum Gasteiger partial charge on any atom is -0.494 e. The van der Waals surface area contributed by atoms with Gasteiger partial charge in [-0.3, -0.25) is 14.5 Å². The van der Waals surface area contributed by atoms with Crippen molar-refractivity contribution >= 4 is 5.91 Å². The highest BCUT2D eigenvalue weighted by Gasteiger charge is 2.23. The zero-order chi connectivity index (χ0) is 24.1. The van der Waals surface area contributed by atoms with E-state index in [9.17, 15) is 14.0 Å². The zero-order valence-electron chi connectivity index (χ0n) is 19.6. The summed E-state index contributed by atoms with van der Waals surface area (Å²) in [6, 6.07) is 16.3. The first kappa shape index (κ1) is 23.7. The monoisotopic (exact) mass is 463 g/mol. The molecule has 1 aliphatic rings. The summed E-state index contributed by atoms with van der Waals surface area (Å²) in [5.41, 5.74) is 2.90. The first-order chi connectivity index (χ1) is 16.4. The van der Waals surface area contributed by atoms with Crippen LogP contribution in [0.5, 0.6) is 5.75 Å². The number of halogens is 1. The molecule has 1 saturated heterocycles. The third-order valence-electron chi connectivity index (χ3n) is 6.25. The number of nitrogens with one attached hydrogen (secondary N) is 1. The highest BCUT2D eigenvalue weighted by atomic mass is 19.1. The second-order valence-electron chi connectivity index (χ2n) is 8.84. The number of likely N-dealkylation sites (tertiary alicyclic amines) is 1. The second kappa shape index (κ2) is 10.7. The van der Waals surface area contributed by atoms with Crippen LogP contribution >= 0.6 is 0 Å². The Kier molecular flexibility index (Phi) is 7.43. The molecule has 0 bridgehead atoms. The normalized spacial score (nSPS) is 14.7. The van der Waals surface area contributed by atoms with Gasteiger partial charge in [-0.2, -0.15) is 0 Å². The third kappa shape index (κ3) is 5.72. The minimum atomic E-state index is -0.363. The lowest BCUT2D eigenvalue weighted by Gasteiger charge is -2.32. The van der Waals surface area contributed by atoms with Crippen LogP contribution in [-0.2, 0) is 13.1 Å². The van der Waals surface area contributed by atoms with Crippen molar-refractivity contribution in [3.8, 4) is 5.75 Å². The van der Waals surface area contributed by atoms with E-state index in [1.54, 1.807) is 29.0 Å².